The standard InChI is InChI=1S/C97H167N15O25/c1-21-64(3)110-137-86(129)109-72-42-91(14,15)54-96(20,47-72)59-102-83(126)135-61-97(22-2,60-134-82(125)101-58-95(19)46-70(40-90(12,13)53-95)107-84(127)133-35-24-23-34-132-81(124)100-57-94(18)44-69(39-88(8,9)52-94)106-80(123)111(27-31-113)28-32-114)62-136-85(128)108-71-41-89(10,11)51-93(17,45-71)55-98-78(121)105-66(5)49-130-48-65(4)103-63-104-68-38-87(6,7)50-92(16,43-68)56-99-79(122)112(29-33-115)30-36-131-77(120)73-26-25-67(75(116)117)37-74(73)76(118)119/h25-26,37,65-66,68-72,103-104,113-115H,21-24,27-36,38-63H2,1-20H3,(H,99,122)(H,100,124)(H,101,125)(H,102,126)(H,106,123)(H,107,127)(H,108,128)(H,109,129)(H,116,117)(H,118,119)(H2,98,105,121)/b110-64-. The van der Waals surface area contributed by atoms with E-state index in [4.69, 9.17) is 38.0 Å². The lowest BCUT2D eigenvalue weighted by molar-refractivity contribution is -0.0213. The predicted molar refractivity (Wildman–Crippen MR) is 514 cm³/mol. The molecule has 5 aliphatic carbocycles. The highest BCUT2D eigenvalue weighted by atomic mass is 16.7. The molecule has 137 heavy (non-hydrogen) atoms. The number of hydrogen-bond acceptors (Lipinski definition) is 26. The van der Waals surface area contributed by atoms with Crippen LogP contribution in [0.1, 0.15) is 292 Å². The number of unbranched alkanes of at least 4 members (excludes halogenated alkanes) is 1. The third kappa shape index (κ3) is 41.4. The summed E-state index contributed by atoms with van der Waals surface area (Å²) in [5.41, 5.74) is -5.07. The van der Waals surface area contributed by atoms with Crippen LogP contribution in [-0.2, 0) is 38.0 Å². The topological polar surface area (TPSA) is 543 Å². The van der Waals surface area contributed by atoms with Crippen LogP contribution in [0.4, 0.5) is 43.2 Å². The number of aromatic carboxylic acids is 2. The Kier molecular flexibility index (Phi) is 44.2. The summed E-state index contributed by atoms with van der Waals surface area (Å²) in [7, 11) is 0. The number of urea groups is 3. The van der Waals surface area contributed by atoms with E-state index in [0.29, 0.717) is 109 Å². The molecule has 17 N–H and O–H groups in total. The summed E-state index contributed by atoms with van der Waals surface area (Å²) in [5.74, 6) is -3.89. The van der Waals surface area contributed by atoms with Crippen molar-refractivity contribution in [1.29, 1.82) is 0 Å². The molecule has 12 amide bonds. The maximum Gasteiger partial charge on any atom is 0.433 e. The highest BCUT2D eigenvalue weighted by molar-refractivity contribution is 6.04. The Hall–Kier alpha value is -9.51. The van der Waals surface area contributed by atoms with E-state index in [2.05, 4.69) is 159 Å². The van der Waals surface area contributed by atoms with Crippen LogP contribution in [0.15, 0.2) is 23.4 Å². The van der Waals surface area contributed by atoms with Crippen molar-refractivity contribution in [1.82, 2.24) is 73.6 Å². The highest BCUT2D eigenvalue weighted by Gasteiger charge is 2.49. The fourth-order valence-corrected chi connectivity index (χ4v) is 22.3. The molecule has 5 saturated carbocycles. The Labute approximate surface area is 809 Å². The van der Waals surface area contributed by atoms with Crippen LogP contribution in [0.5, 0.6) is 0 Å². The molecule has 5 aliphatic rings. The first-order valence-corrected chi connectivity index (χ1v) is 48.8. The Balaban J connectivity index is 0.969. The van der Waals surface area contributed by atoms with Crippen molar-refractivity contribution in [2.24, 2.45) is 64.7 Å². The Morgan fingerprint density at radius 1 is 0.438 bits per heavy atom. The average molecular weight is 1940 g/mol. The molecule has 0 spiro atoms. The van der Waals surface area contributed by atoms with Gasteiger partial charge in [0.05, 0.1) is 86.7 Å². The zero-order valence-electron chi connectivity index (χ0n) is 85.3. The summed E-state index contributed by atoms with van der Waals surface area (Å²) >= 11 is 0. The molecular formula is C97H167N15O25. The van der Waals surface area contributed by atoms with Gasteiger partial charge in [0.2, 0.25) is 0 Å². The molecule has 0 bridgehead atoms. The molecule has 13 unspecified atom stereocenters. The van der Waals surface area contributed by atoms with Crippen LogP contribution in [0.2, 0.25) is 0 Å². The van der Waals surface area contributed by atoms with E-state index >= 15 is 0 Å². The number of nitrogens with one attached hydrogen (secondary N) is 12. The minimum Gasteiger partial charge on any atom is -0.478 e. The molecule has 6 rings (SSSR count). The summed E-state index contributed by atoms with van der Waals surface area (Å²) < 4.78 is 40.6. The molecule has 1 aromatic carbocycles. The molecule has 40 heteroatoms. The van der Waals surface area contributed by atoms with Crippen LogP contribution in [0.25, 0.3) is 0 Å². The number of amides is 12. The predicted octanol–water partition coefficient (Wildman–Crippen LogP) is 11.7. The monoisotopic (exact) mass is 1940 g/mol. The smallest absolute Gasteiger partial charge is 0.433 e. The number of carboxylic acid groups (broad SMARTS) is 2. The van der Waals surface area contributed by atoms with E-state index in [9.17, 15) is 83.1 Å². The summed E-state index contributed by atoms with van der Waals surface area (Å²) in [5, 5.41) is 88.7. The number of aliphatic hydroxyl groups excluding tert-OH is 3. The number of rotatable bonds is 49. The number of benzene rings is 1. The number of carbonyl (C=O) groups excluding carboxylic acids is 10. The first kappa shape index (κ1) is 116. The molecule has 0 heterocycles. The number of oxime groups is 1. The molecule has 0 saturated heterocycles. The summed E-state index contributed by atoms with van der Waals surface area (Å²) in [4.78, 5) is 166. The average Bonchev–Trinajstić information content (AvgIpc) is 0.810. The fraction of sp³-hybridized carbons (Fsp3) is 0.804. The highest BCUT2D eigenvalue weighted by Crippen LogP contribution is 2.51. The van der Waals surface area contributed by atoms with Crippen LogP contribution in [0, 0.1) is 59.6 Å². The Morgan fingerprint density at radius 3 is 1.26 bits per heavy atom. The van der Waals surface area contributed by atoms with Gasteiger partial charge in [-0.05, 0) is 215 Å². The number of hydrogen-bond donors (Lipinski definition) is 17. The molecule has 0 radical (unpaired) electrons. The van der Waals surface area contributed by atoms with E-state index in [-0.39, 0.29) is 216 Å². The van der Waals surface area contributed by atoms with Crippen molar-refractivity contribution >= 4 is 78.3 Å². The second kappa shape index (κ2) is 52.1. The van der Waals surface area contributed by atoms with Gasteiger partial charge in [-0.1, -0.05) is 123 Å². The molecular weight excluding hydrogens is 1780 g/mol. The largest absolute Gasteiger partial charge is 0.478 e. The van der Waals surface area contributed by atoms with Crippen molar-refractivity contribution < 1.29 is 121 Å². The van der Waals surface area contributed by atoms with E-state index in [1.54, 1.807) is 6.92 Å². The number of ether oxygens (including phenoxy) is 7. The summed E-state index contributed by atoms with van der Waals surface area (Å²) in [6.07, 6.45) is 7.57. The van der Waals surface area contributed by atoms with Gasteiger partial charge < -0.3 is 127 Å². The third-order valence-electron chi connectivity index (χ3n) is 26.9. The number of carbonyl (C=O) groups is 12. The molecule has 1 aromatic rings. The first-order chi connectivity index (χ1) is 63.9. The zero-order chi connectivity index (χ0) is 102. The van der Waals surface area contributed by atoms with E-state index in [1.807, 2.05) is 41.5 Å². The fourth-order valence-electron chi connectivity index (χ4n) is 22.3. The Bertz CT molecular complexity index is 4190. The Morgan fingerprint density at radius 2 is 0.825 bits per heavy atom. The van der Waals surface area contributed by atoms with Gasteiger partial charge in [-0.25, -0.2) is 57.5 Å². The molecule has 0 aliphatic heterocycles. The summed E-state index contributed by atoms with van der Waals surface area (Å²) in [6.45, 7) is 41.2. The van der Waals surface area contributed by atoms with Crippen LogP contribution in [0.3, 0.4) is 0 Å². The second-order valence-electron chi connectivity index (χ2n) is 45.4. The van der Waals surface area contributed by atoms with E-state index < -0.39 is 93.8 Å². The van der Waals surface area contributed by atoms with Gasteiger partial charge in [0.1, 0.15) is 26.4 Å². The summed E-state index contributed by atoms with van der Waals surface area (Å²) in [6, 6.07) is 0.235. The molecule has 780 valence electrons. The number of alkyl carbamates (subject to hydrolysis) is 5. The van der Waals surface area contributed by atoms with Gasteiger partial charge in [-0.3, -0.25) is 10.2 Å². The van der Waals surface area contributed by atoms with E-state index in [1.165, 1.54) is 9.80 Å². The van der Waals surface area contributed by atoms with Gasteiger partial charge in [0, 0.05) is 95.3 Å². The van der Waals surface area contributed by atoms with Gasteiger partial charge in [0.25, 0.3) is 0 Å². The normalized spacial score (nSPS) is 25.5. The molecule has 13 atom stereocenters. The maximum atomic E-state index is 14.2. The SMILES string of the molecule is CC/C(C)=N\OC(=O)NC1CC(C)(C)CC(C)(CNC(=O)OCC(CC)(COC(=O)NCC2(C)CC(NC(=O)OCCCCOC(=O)NCC3(C)CC(NC(=O)N(CCO)CCO)CC(C)(C)C3)CC(C)(C)C2)COC(=O)NC2CC(C)(C)CC(C)(CNC(=O)NC(C)COCC(C)NCNC3CC(C)(C)CC(C)(CNC(=O)N(CCO)CCOC(=O)c4ccc(C(=O)O)cc4C(=O)O)C3)C2)C1. The minimum absolute atomic E-state index is 0.0687. The lowest BCUT2D eigenvalue weighted by Crippen LogP contribution is -2.53. The molecule has 0 aromatic heterocycles. The van der Waals surface area contributed by atoms with Crippen molar-refractivity contribution in [3.8, 4) is 0 Å². The van der Waals surface area contributed by atoms with Crippen LogP contribution >= 0.6 is 0 Å². The van der Waals surface area contributed by atoms with Crippen molar-refractivity contribution in [2.75, 3.05) is 138 Å². The quantitative estimate of drug-likeness (QED) is 0.00548. The maximum absolute atomic E-state index is 14.2. The third-order valence-corrected chi connectivity index (χ3v) is 26.9. The number of carboxylic acids is 2. The lowest BCUT2D eigenvalue weighted by Gasteiger charge is -2.47. The van der Waals surface area contributed by atoms with Crippen molar-refractivity contribution in [3.05, 3.63) is 34.9 Å². The number of aliphatic hydroxyl groups is 3. The van der Waals surface area contributed by atoms with E-state index in [0.717, 1.165) is 56.7 Å². The van der Waals surface area contributed by atoms with Gasteiger partial charge >= 0.3 is 72.6 Å². The first-order valence-electron chi connectivity index (χ1n) is 48.8. The minimum atomic E-state index is -1.51. The van der Waals surface area contributed by atoms with Crippen molar-refractivity contribution in [2.45, 2.75) is 303 Å². The molecule has 40 nitrogen and oxygen atoms in total. The number of nitrogens with zero attached hydrogens (tertiary/aromatic N) is 3. The van der Waals surface area contributed by atoms with Gasteiger partial charge in [-0.15, -0.1) is 0 Å². The van der Waals surface area contributed by atoms with Gasteiger partial charge in [0.15, 0.2) is 0 Å². The molecule has 5 fully saturated rings. The van der Waals surface area contributed by atoms with Crippen LogP contribution < -0.4 is 63.8 Å². The lowest BCUT2D eigenvalue weighted by atomic mass is 9.62. The van der Waals surface area contributed by atoms with Crippen molar-refractivity contribution in [3.63, 3.8) is 0 Å². The zero-order valence-corrected chi connectivity index (χ0v) is 85.3. The number of esters is 1. The second-order valence-corrected chi connectivity index (χ2v) is 45.4. The van der Waals surface area contributed by atoms with Gasteiger partial charge in [-0.2, -0.15) is 0 Å². The van der Waals surface area contributed by atoms with Crippen LogP contribution in [-0.4, -0.2) is 294 Å².